The Labute approximate surface area is 95.4 Å². The van der Waals surface area contributed by atoms with Gasteiger partial charge in [-0.3, -0.25) is 0 Å². The quantitative estimate of drug-likeness (QED) is 0.838. The molecule has 1 N–H and O–H groups in total. The Balaban J connectivity index is 1.93. The van der Waals surface area contributed by atoms with E-state index >= 15 is 0 Å². The molecule has 5 heteroatoms. The van der Waals surface area contributed by atoms with Gasteiger partial charge in [-0.1, -0.05) is 12.1 Å². The Hall–Kier alpha value is -1.10. The first-order chi connectivity index (χ1) is 7.70. The van der Waals surface area contributed by atoms with E-state index in [0.717, 1.165) is 38.2 Å². The van der Waals surface area contributed by atoms with Gasteiger partial charge in [0.15, 0.2) is 5.82 Å². The third-order valence-corrected chi connectivity index (χ3v) is 3.27. The van der Waals surface area contributed by atoms with Crippen molar-refractivity contribution in [3.8, 4) is 0 Å². The van der Waals surface area contributed by atoms with Crippen molar-refractivity contribution in [2.24, 2.45) is 5.92 Å². The zero-order valence-corrected chi connectivity index (χ0v) is 9.89. The summed E-state index contributed by atoms with van der Waals surface area (Å²) in [5.41, 5.74) is 0. The van der Waals surface area contributed by atoms with E-state index < -0.39 is 0 Å². The van der Waals surface area contributed by atoms with Gasteiger partial charge in [-0.05, 0) is 25.7 Å². The average Bonchev–Trinajstić information content (AvgIpc) is 2.77. The largest absolute Gasteiger partial charge is 0.393 e. The smallest absolute Gasteiger partial charge is 0.324 e. The molecule has 1 atom stereocenters. The summed E-state index contributed by atoms with van der Waals surface area (Å²) in [5, 5.41) is 13.4. The Morgan fingerprint density at radius 3 is 2.69 bits per heavy atom. The van der Waals surface area contributed by atoms with Crippen LogP contribution in [-0.2, 0) is 6.42 Å². The highest BCUT2D eigenvalue weighted by Gasteiger charge is 2.25. The van der Waals surface area contributed by atoms with Crippen LogP contribution in [0.3, 0.4) is 0 Å². The number of anilines is 1. The van der Waals surface area contributed by atoms with Crippen LogP contribution in [0.5, 0.6) is 0 Å². The van der Waals surface area contributed by atoms with E-state index in [9.17, 15) is 5.11 Å². The molecule has 0 amide bonds. The molecule has 0 unspecified atom stereocenters. The van der Waals surface area contributed by atoms with Gasteiger partial charge in [-0.15, -0.1) is 0 Å². The molecule has 2 heterocycles. The van der Waals surface area contributed by atoms with Gasteiger partial charge < -0.3 is 14.5 Å². The molecule has 1 fully saturated rings. The molecule has 0 bridgehead atoms. The standard InChI is InChI=1S/C11H19N3O2/c1-3-10-12-11(16-13-10)14-6-4-9(5-7-14)8(2)15/h8-9,15H,3-7H2,1-2H3/t8-/m0/s1. The van der Waals surface area contributed by atoms with E-state index in [-0.39, 0.29) is 6.10 Å². The van der Waals surface area contributed by atoms with E-state index in [1.54, 1.807) is 0 Å². The van der Waals surface area contributed by atoms with Crippen LogP contribution in [0.4, 0.5) is 6.01 Å². The highest BCUT2D eigenvalue weighted by molar-refractivity contribution is 5.25. The third kappa shape index (κ3) is 2.35. The van der Waals surface area contributed by atoms with Gasteiger partial charge in [0.25, 0.3) is 0 Å². The third-order valence-electron chi connectivity index (χ3n) is 3.27. The van der Waals surface area contributed by atoms with E-state index in [2.05, 4.69) is 15.0 Å². The van der Waals surface area contributed by atoms with Crippen LogP contribution < -0.4 is 4.90 Å². The Bertz CT molecular complexity index is 330. The predicted octanol–water partition coefficient (Wildman–Crippen LogP) is 1.23. The van der Waals surface area contributed by atoms with Gasteiger partial charge in [-0.2, -0.15) is 4.98 Å². The number of hydrogen-bond donors (Lipinski definition) is 1. The summed E-state index contributed by atoms with van der Waals surface area (Å²) in [5.74, 6) is 1.16. The van der Waals surface area contributed by atoms with Crippen molar-refractivity contribution >= 4 is 6.01 Å². The number of piperidine rings is 1. The van der Waals surface area contributed by atoms with Crippen molar-refractivity contribution in [2.75, 3.05) is 18.0 Å². The van der Waals surface area contributed by atoms with Gasteiger partial charge in [0.05, 0.1) is 6.10 Å². The number of nitrogens with zero attached hydrogens (tertiary/aromatic N) is 3. The summed E-state index contributed by atoms with van der Waals surface area (Å²) in [6, 6.07) is 0.626. The molecule has 1 aromatic heterocycles. The topological polar surface area (TPSA) is 62.4 Å². The van der Waals surface area contributed by atoms with Crippen molar-refractivity contribution in [3.05, 3.63) is 5.82 Å². The van der Waals surface area contributed by atoms with Crippen LogP contribution in [0.15, 0.2) is 4.52 Å². The number of hydrogen-bond acceptors (Lipinski definition) is 5. The van der Waals surface area contributed by atoms with Crippen LogP contribution in [0.25, 0.3) is 0 Å². The molecule has 1 saturated heterocycles. The fourth-order valence-electron chi connectivity index (χ4n) is 2.09. The van der Waals surface area contributed by atoms with Gasteiger partial charge in [0.1, 0.15) is 0 Å². The number of aryl methyl sites for hydroxylation is 1. The molecule has 1 aliphatic rings. The lowest BCUT2D eigenvalue weighted by atomic mass is 9.92. The van der Waals surface area contributed by atoms with Gasteiger partial charge >= 0.3 is 6.01 Å². The fraction of sp³-hybridized carbons (Fsp3) is 0.818. The Kier molecular flexibility index (Phi) is 3.43. The normalized spacial score (nSPS) is 20.1. The van der Waals surface area contributed by atoms with Crippen LogP contribution in [0.2, 0.25) is 0 Å². The van der Waals surface area contributed by atoms with E-state index in [1.165, 1.54) is 0 Å². The summed E-state index contributed by atoms with van der Waals surface area (Å²) >= 11 is 0. The highest BCUT2D eigenvalue weighted by Crippen LogP contribution is 2.24. The summed E-state index contributed by atoms with van der Waals surface area (Å²) in [6.45, 7) is 5.65. The lowest BCUT2D eigenvalue weighted by molar-refractivity contribution is 0.109. The van der Waals surface area contributed by atoms with Crippen LogP contribution >= 0.6 is 0 Å². The summed E-state index contributed by atoms with van der Waals surface area (Å²) < 4.78 is 5.19. The monoisotopic (exact) mass is 225 g/mol. The molecule has 16 heavy (non-hydrogen) atoms. The molecule has 0 saturated carbocycles. The molecular formula is C11H19N3O2. The highest BCUT2D eigenvalue weighted by atomic mass is 16.5. The first-order valence-electron chi connectivity index (χ1n) is 5.96. The van der Waals surface area contributed by atoms with Crippen molar-refractivity contribution in [1.29, 1.82) is 0 Å². The maximum absolute atomic E-state index is 9.51. The number of rotatable bonds is 3. The van der Waals surface area contributed by atoms with Crippen molar-refractivity contribution in [2.45, 2.75) is 39.2 Å². The van der Waals surface area contributed by atoms with E-state index in [0.29, 0.717) is 11.9 Å². The van der Waals surface area contributed by atoms with Crippen molar-refractivity contribution in [1.82, 2.24) is 10.1 Å². The molecular weight excluding hydrogens is 206 g/mol. The first-order valence-corrected chi connectivity index (χ1v) is 5.96. The second kappa shape index (κ2) is 4.82. The van der Waals surface area contributed by atoms with Gasteiger partial charge in [0, 0.05) is 19.5 Å². The van der Waals surface area contributed by atoms with Crippen molar-refractivity contribution < 1.29 is 9.63 Å². The molecule has 1 aromatic rings. The van der Waals surface area contributed by atoms with E-state index in [4.69, 9.17) is 4.52 Å². The summed E-state index contributed by atoms with van der Waals surface area (Å²) in [4.78, 5) is 6.41. The zero-order chi connectivity index (χ0) is 11.5. The Morgan fingerprint density at radius 2 is 2.19 bits per heavy atom. The number of aliphatic hydroxyl groups excluding tert-OH is 1. The second-order valence-corrected chi connectivity index (χ2v) is 4.41. The van der Waals surface area contributed by atoms with Crippen LogP contribution in [-0.4, -0.2) is 34.4 Å². The van der Waals surface area contributed by atoms with Crippen LogP contribution in [0.1, 0.15) is 32.5 Å². The molecule has 5 nitrogen and oxygen atoms in total. The number of aliphatic hydroxyl groups is 1. The van der Waals surface area contributed by atoms with Crippen LogP contribution in [0, 0.1) is 5.92 Å². The molecule has 2 rings (SSSR count). The average molecular weight is 225 g/mol. The SMILES string of the molecule is CCc1noc(N2CCC([C@H](C)O)CC2)n1. The fourth-order valence-corrected chi connectivity index (χ4v) is 2.09. The molecule has 90 valence electrons. The van der Waals surface area contributed by atoms with Crippen molar-refractivity contribution in [3.63, 3.8) is 0 Å². The maximum atomic E-state index is 9.51. The molecule has 0 radical (unpaired) electrons. The molecule has 0 aliphatic carbocycles. The molecule has 0 spiro atoms. The zero-order valence-electron chi connectivity index (χ0n) is 9.89. The second-order valence-electron chi connectivity index (χ2n) is 4.41. The van der Waals surface area contributed by atoms with E-state index in [1.807, 2.05) is 13.8 Å². The maximum Gasteiger partial charge on any atom is 0.324 e. The minimum absolute atomic E-state index is 0.212. The summed E-state index contributed by atoms with van der Waals surface area (Å²) in [7, 11) is 0. The summed E-state index contributed by atoms with van der Waals surface area (Å²) in [6.07, 6.45) is 2.56. The Morgan fingerprint density at radius 1 is 1.50 bits per heavy atom. The minimum atomic E-state index is -0.212. The lowest BCUT2D eigenvalue weighted by Crippen LogP contribution is -2.37. The van der Waals surface area contributed by atoms with Gasteiger partial charge in [-0.25, -0.2) is 0 Å². The van der Waals surface area contributed by atoms with Gasteiger partial charge in [0.2, 0.25) is 0 Å². The minimum Gasteiger partial charge on any atom is -0.393 e. The number of aromatic nitrogens is 2. The molecule has 1 aliphatic heterocycles. The lowest BCUT2D eigenvalue weighted by Gasteiger charge is -2.31. The molecule has 0 aromatic carbocycles. The first kappa shape index (κ1) is 11.4. The predicted molar refractivity (Wildman–Crippen MR) is 60.3 cm³/mol.